The number of fused-ring (bicyclic) bond motifs is 2. The maximum Gasteiger partial charge on any atom is 0.283 e. The molecule has 0 spiro atoms. The average Bonchev–Trinajstić information content (AvgIpc) is 3.23. The zero-order valence-electron chi connectivity index (χ0n) is 21.1. The van der Waals surface area contributed by atoms with Gasteiger partial charge in [-0.15, -0.1) is 0 Å². The number of benzene rings is 1. The Kier molecular flexibility index (Phi) is 6.49. The van der Waals surface area contributed by atoms with Crippen molar-refractivity contribution in [2.75, 3.05) is 6.54 Å². The number of aromatic amines is 1. The Bertz CT molecular complexity index is 1720. The summed E-state index contributed by atoms with van der Waals surface area (Å²) >= 11 is 6.46. The number of nitrogens with two attached hydrogens (primary N) is 1. The number of hydrogen-bond donors (Lipinski definition) is 3. The molecule has 3 atom stereocenters. The highest BCUT2D eigenvalue weighted by Crippen LogP contribution is 2.35. The van der Waals surface area contributed by atoms with Gasteiger partial charge in [0.25, 0.3) is 11.1 Å². The second-order valence-corrected chi connectivity index (χ2v) is 10.1. The minimum absolute atomic E-state index is 0.0305. The van der Waals surface area contributed by atoms with Gasteiger partial charge in [-0.1, -0.05) is 29.8 Å². The van der Waals surface area contributed by atoms with Gasteiger partial charge in [-0.3, -0.25) is 25.2 Å². The third kappa shape index (κ3) is 4.42. The number of nitrogens with zero attached hydrogens (tertiary/aromatic N) is 5. The highest BCUT2D eigenvalue weighted by atomic mass is 35.5. The Hall–Kier alpha value is -3.93. The fourth-order valence-corrected chi connectivity index (χ4v) is 5.73. The first kappa shape index (κ1) is 25.4. The molecule has 0 amide bonds. The normalized spacial score (nSPS) is 23.1. The number of amidine groups is 1. The van der Waals surface area contributed by atoms with Crippen LogP contribution < -0.4 is 22.2 Å². The Balaban J connectivity index is 1.58. The van der Waals surface area contributed by atoms with Crippen LogP contribution in [0.15, 0.2) is 69.2 Å². The fourth-order valence-electron chi connectivity index (χ4n) is 5.48. The van der Waals surface area contributed by atoms with E-state index in [1.54, 1.807) is 36.4 Å². The van der Waals surface area contributed by atoms with Crippen LogP contribution in [0.3, 0.4) is 0 Å². The van der Waals surface area contributed by atoms with Crippen LogP contribution in [-0.4, -0.2) is 43.1 Å². The van der Waals surface area contributed by atoms with Gasteiger partial charge >= 0.3 is 0 Å². The molecule has 2 aliphatic heterocycles. The van der Waals surface area contributed by atoms with Crippen LogP contribution in [0.4, 0.5) is 4.39 Å². The summed E-state index contributed by atoms with van der Waals surface area (Å²) in [5, 5.41) is 3.72. The van der Waals surface area contributed by atoms with Crippen LogP contribution in [0.5, 0.6) is 0 Å². The van der Waals surface area contributed by atoms with E-state index in [2.05, 4.69) is 20.3 Å². The maximum atomic E-state index is 14.1. The van der Waals surface area contributed by atoms with E-state index in [0.29, 0.717) is 47.1 Å². The molecular formula is C27H26ClFN8O2. The number of rotatable bonds is 2. The molecule has 200 valence electrons. The second kappa shape index (κ2) is 9.99. The van der Waals surface area contributed by atoms with Crippen molar-refractivity contribution in [3.05, 3.63) is 97.5 Å². The highest BCUT2D eigenvalue weighted by molar-refractivity contribution is 6.35. The minimum atomic E-state index is -0.774. The van der Waals surface area contributed by atoms with Crippen LogP contribution in [0.1, 0.15) is 55.4 Å². The lowest BCUT2D eigenvalue weighted by Gasteiger charge is -2.30. The third-order valence-electron chi connectivity index (χ3n) is 7.23. The Morgan fingerprint density at radius 2 is 2.10 bits per heavy atom. The van der Waals surface area contributed by atoms with Gasteiger partial charge in [0.2, 0.25) is 0 Å². The van der Waals surface area contributed by atoms with Crippen molar-refractivity contribution in [3.63, 3.8) is 0 Å². The lowest BCUT2D eigenvalue weighted by Crippen LogP contribution is -2.40. The van der Waals surface area contributed by atoms with E-state index in [1.807, 2.05) is 11.8 Å². The summed E-state index contributed by atoms with van der Waals surface area (Å²) < 4.78 is 15.6. The lowest BCUT2D eigenvalue weighted by atomic mass is 10.1. The number of H-pyrrole nitrogens is 1. The Morgan fingerprint density at radius 1 is 1.26 bits per heavy atom. The molecule has 0 radical (unpaired) electrons. The fraction of sp³-hybridized carbons (Fsp3) is 0.296. The molecule has 1 aliphatic carbocycles. The molecule has 39 heavy (non-hydrogen) atoms. The van der Waals surface area contributed by atoms with Crippen molar-refractivity contribution in [2.45, 2.75) is 44.6 Å². The number of nitrogens with one attached hydrogen (secondary N) is 2. The lowest BCUT2D eigenvalue weighted by molar-refractivity contribution is 0.375. The van der Waals surface area contributed by atoms with Crippen LogP contribution >= 0.6 is 11.6 Å². The summed E-state index contributed by atoms with van der Waals surface area (Å²) in [7, 11) is 0. The Labute approximate surface area is 227 Å². The van der Waals surface area contributed by atoms with E-state index >= 15 is 0 Å². The SMILES string of the molecule is C[C@H]1NC(N)N=C(N2CCCC2c2nc3cccc(Cl)c3c(=O)n2C2=CCC(F)=CC=C2)c2c1[nH]cnc2=O. The molecule has 12 heteroatoms. The summed E-state index contributed by atoms with van der Waals surface area (Å²) in [5.41, 5.74) is 7.37. The van der Waals surface area contributed by atoms with Gasteiger partial charge in [-0.25, -0.2) is 14.4 Å². The molecule has 2 aromatic heterocycles. The van der Waals surface area contributed by atoms with Crippen LogP contribution in [0.25, 0.3) is 16.6 Å². The van der Waals surface area contributed by atoms with Crippen molar-refractivity contribution in [2.24, 2.45) is 10.7 Å². The van der Waals surface area contributed by atoms with Gasteiger partial charge in [0.15, 0.2) is 6.29 Å². The number of aliphatic imine (C=N–C) groups is 1. The summed E-state index contributed by atoms with van der Waals surface area (Å²) in [5.74, 6) is 0.502. The molecular weight excluding hydrogens is 523 g/mol. The molecule has 3 aromatic rings. The van der Waals surface area contributed by atoms with E-state index in [0.717, 1.165) is 6.42 Å². The van der Waals surface area contributed by atoms with Crippen molar-refractivity contribution < 1.29 is 4.39 Å². The number of aromatic nitrogens is 4. The molecule has 10 nitrogen and oxygen atoms in total. The largest absolute Gasteiger partial charge is 0.348 e. The van der Waals surface area contributed by atoms with E-state index in [9.17, 15) is 14.0 Å². The first-order chi connectivity index (χ1) is 18.8. The number of halogens is 2. The standard InChI is InChI=1S/C27H26ClFN8O2/c1-14-22-21(25(38)32-13-31-22)24(35-27(30)33-14)36-12-4-9-19(36)23-34-18-8-3-7-17(28)20(18)26(39)37(23)16-6-2-5-15(29)10-11-16/h2-3,5-8,11,13-14,19,27,33H,4,9-10,12,30H2,1H3,(H,31,32,38)/t14-,19?,27?/m1/s1. The minimum Gasteiger partial charge on any atom is -0.348 e. The summed E-state index contributed by atoms with van der Waals surface area (Å²) in [6, 6.07) is 4.40. The van der Waals surface area contributed by atoms with Gasteiger partial charge in [0.05, 0.1) is 28.3 Å². The number of allylic oxidation sites excluding steroid dienone is 6. The molecule has 1 aromatic carbocycles. The summed E-state index contributed by atoms with van der Waals surface area (Å²) in [6.07, 6.45) is 8.26. The number of hydrogen-bond acceptors (Lipinski definition) is 8. The highest BCUT2D eigenvalue weighted by Gasteiger charge is 2.37. The second-order valence-electron chi connectivity index (χ2n) is 9.68. The van der Waals surface area contributed by atoms with Crippen molar-refractivity contribution in [3.8, 4) is 0 Å². The molecule has 2 unspecified atom stereocenters. The van der Waals surface area contributed by atoms with E-state index in [4.69, 9.17) is 22.3 Å². The van der Waals surface area contributed by atoms with Gasteiger partial charge < -0.3 is 9.88 Å². The number of likely N-dealkylation sites (tertiary alicyclic amines) is 1. The van der Waals surface area contributed by atoms with E-state index in [-0.39, 0.29) is 34.3 Å². The quantitative estimate of drug-likeness (QED) is 0.447. The van der Waals surface area contributed by atoms with Crippen molar-refractivity contribution >= 4 is 34.0 Å². The zero-order valence-corrected chi connectivity index (χ0v) is 21.8. The first-order valence-electron chi connectivity index (χ1n) is 12.7. The zero-order chi connectivity index (χ0) is 27.3. The molecule has 0 saturated carbocycles. The molecule has 6 rings (SSSR count). The average molecular weight is 549 g/mol. The smallest absolute Gasteiger partial charge is 0.283 e. The predicted octanol–water partition coefficient (Wildman–Crippen LogP) is 3.28. The molecule has 4 heterocycles. The first-order valence-corrected chi connectivity index (χ1v) is 13.1. The topological polar surface area (TPSA) is 134 Å². The van der Waals surface area contributed by atoms with Crippen molar-refractivity contribution in [1.29, 1.82) is 0 Å². The monoisotopic (exact) mass is 548 g/mol. The molecule has 1 saturated heterocycles. The van der Waals surface area contributed by atoms with E-state index in [1.165, 1.54) is 17.0 Å². The van der Waals surface area contributed by atoms with Gasteiger partial charge in [0, 0.05) is 30.4 Å². The van der Waals surface area contributed by atoms with Crippen molar-refractivity contribution in [1.82, 2.24) is 29.7 Å². The van der Waals surface area contributed by atoms with Gasteiger partial charge in [-0.2, -0.15) is 4.98 Å². The molecule has 0 bridgehead atoms. The summed E-state index contributed by atoms with van der Waals surface area (Å²) in [6.45, 7) is 2.44. The van der Waals surface area contributed by atoms with Crippen LogP contribution in [0.2, 0.25) is 5.02 Å². The Morgan fingerprint density at radius 3 is 2.95 bits per heavy atom. The molecule has 1 fully saturated rings. The molecule has 4 N–H and O–H groups in total. The van der Waals surface area contributed by atoms with Gasteiger partial charge in [0.1, 0.15) is 23.1 Å². The van der Waals surface area contributed by atoms with E-state index < -0.39 is 17.9 Å². The summed E-state index contributed by atoms with van der Waals surface area (Å²) in [4.78, 5) is 45.7. The van der Waals surface area contributed by atoms with Crippen LogP contribution in [0, 0.1) is 0 Å². The van der Waals surface area contributed by atoms with Crippen LogP contribution in [-0.2, 0) is 0 Å². The third-order valence-corrected chi connectivity index (χ3v) is 7.54. The predicted molar refractivity (Wildman–Crippen MR) is 148 cm³/mol. The molecule has 3 aliphatic rings. The maximum absolute atomic E-state index is 14.1. The van der Waals surface area contributed by atoms with Gasteiger partial charge in [-0.05, 0) is 44.1 Å².